The van der Waals surface area contributed by atoms with Crippen molar-refractivity contribution in [2.45, 2.75) is 18.7 Å². The second-order valence-corrected chi connectivity index (χ2v) is 4.99. The number of anilines is 2. The Morgan fingerprint density at radius 1 is 0.955 bits per heavy atom. The molecule has 118 valence electrons. The number of alkyl halides is 3. The van der Waals surface area contributed by atoms with Crippen molar-refractivity contribution in [2.24, 2.45) is 0 Å². The van der Waals surface area contributed by atoms with Gasteiger partial charge in [0.15, 0.2) is 5.60 Å². The Hall–Kier alpha value is -2.41. The van der Waals surface area contributed by atoms with Crippen molar-refractivity contribution in [3.8, 4) is 11.5 Å². The molecule has 0 aliphatic heterocycles. The van der Waals surface area contributed by atoms with Gasteiger partial charge in [-0.1, -0.05) is 0 Å². The molecule has 1 unspecified atom stereocenters. The molecule has 0 saturated carbocycles. The van der Waals surface area contributed by atoms with Crippen molar-refractivity contribution in [1.82, 2.24) is 0 Å². The molecule has 0 spiro atoms. The summed E-state index contributed by atoms with van der Waals surface area (Å²) in [4.78, 5) is 0. The number of ether oxygens (including phenoxy) is 1. The van der Waals surface area contributed by atoms with Gasteiger partial charge in [-0.15, -0.1) is 0 Å². The Bertz CT molecular complexity index is 667. The molecule has 1 atom stereocenters. The summed E-state index contributed by atoms with van der Waals surface area (Å²) in [7, 11) is 0. The van der Waals surface area contributed by atoms with E-state index in [2.05, 4.69) is 0 Å². The number of halogens is 3. The highest BCUT2D eigenvalue weighted by Crippen LogP contribution is 2.42. The van der Waals surface area contributed by atoms with Crippen LogP contribution in [0, 0.1) is 0 Å². The molecule has 0 saturated heterocycles. The predicted octanol–water partition coefficient (Wildman–Crippen LogP) is 3.41. The van der Waals surface area contributed by atoms with Crippen LogP contribution in [-0.4, -0.2) is 11.3 Å². The number of hydrogen-bond donors (Lipinski definition) is 3. The Labute approximate surface area is 125 Å². The second kappa shape index (κ2) is 5.42. The van der Waals surface area contributed by atoms with Gasteiger partial charge in [0.05, 0.1) is 0 Å². The number of hydrogen-bond acceptors (Lipinski definition) is 4. The van der Waals surface area contributed by atoms with E-state index >= 15 is 0 Å². The van der Waals surface area contributed by atoms with Crippen LogP contribution >= 0.6 is 0 Å². The first kappa shape index (κ1) is 16.0. The maximum Gasteiger partial charge on any atom is 0.421 e. The van der Waals surface area contributed by atoms with Crippen molar-refractivity contribution in [2.75, 3.05) is 11.5 Å². The van der Waals surface area contributed by atoms with Gasteiger partial charge in [-0.05, 0) is 49.4 Å². The van der Waals surface area contributed by atoms with Gasteiger partial charge in [0.1, 0.15) is 11.5 Å². The van der Waals surface area contributed by atoms with Gasteiger partial charge in [-0.25, -0.2) is 0 Å². The highest BCUT2D eigenvalue weighted by atomic mass is 19.4. The van der Waals surface area contributed by atoms with Crippen LogP contribution in [0.5, 0.6) is 11.5 Å². The molecule has 2 aromatic carbocycles. The first-order valence-corrected chi connectivity index (χ1v) is 6.34. The zero-order valence-electron chi connectivity index (χ0n) is 11.7. The number of aliphatic hydroxyl groups is 1. The van der Waals surface area contributed by atoms with E-state index in [9.17, 15) is 18.3 Å². The third-order valence-electron chi connectivity index (χ3n) is 3.22. The van der Waals surface area contributed by atoms with Crippen molar-refractivity contribution in [1.29, 1.82) is 0 Å². The maximum atomic E-state index is 12.9. The molecule has 22 heavy (non-hydrogen) atoms. The molecule has 0 fully saturated rings. The first-order valence-electron chi connectivity index (χ1n) is 6.34. The van der Waals surface area contributed by atoms with Crippen LogP contribution in [-0.2, 0) is 5.60 Å². The predicted molar refractivity (Wildman–Crippen MR) is 77.4 cm³/mol. The van der Waals surface area contributed by atoms with Crippen LogP contribution in [0.2, 0.25) is 0 Å². The van der Waals surface area contributed by atoms with E-state index in [1.807, 2.05) is 0 Å². The lowest BCUT2D eigenvalue weighted by Gasteiger charge is -2.28. The molecule has 7 heteroatoms. The van der Waals surface area contributed by atoms with Gasteiger partial charge < -0.3 is 21.3 Å². The van der Waals surface area contributed by atoms with Gasteiger partial charge in [0.25, 0.3) is 0 Å². The molecule has 0 aliphatic rings. The van der Waals surface area contributed by atoms with E-state index in [0.29, 0.717) is 18.4 Å². The average Bonchev–Trinajstić information content (AvgIpc) is 2.42. The van der Waals surface area contributed by atoms with Crippen LogP contribution in [0.4, 0.5) is 24.5 Å². The van der Waals surface area contributed by atoms with Crippen molar-refractivity contribution in [3.63, 3.8) is 0 Å². The fourth-order valence-corrected chi connectivity index (χ4v) is 1.85. The quantitative estimate of drug-likeness (QED) is 0.759. The van der Waals surface area contributed by atoms with E-state index in [1.165, 1.54) is 12.1 Å². The second-order valence-electron chi connectivity index (χ2n) is 4.99. The van der Waals surface area contributed by atoms with Crippen LogP contribution in [0.3, 0.4) is 0 Å². The lowest BCUT2D eigenvalue weighted by molar-refractivity contribution is -0.258. The minimum atomic E-state index is -4.86. The molecule has 4 nitrogen and oxygen atoms in total. The molecule has 0 bridgehead atoms. The summed E-state index contributed by atoms with van der Waals surface area (Å²) in [6.07, 6.45) is -4.86. The monoisotopic (exact) mass is 312 g/mol. The smallest absolute Gasteiger partial charge is 0.421 e. The fraction of sp³-hybridized carbons (Fsp3) is 0.200. The number of nitrogen functional groups attached to an aromatic ring is 2. The summed E-state index contributed by atoms with van der Waals surface area (Å²) in [5.41, 5.74) is 7.91. The Balaban J connectivity index is 2.37. The SMILES string of the molecule is CC(O)(c1cc(Oc2ccc(N)cc2)ccc1N)C(F)(F)F. The summed E-state index contributed by atoms with van der Waals surface area (Å²) >= 11 is 0. The third-order valence-corrected chi connectivity index (χ3v) is 3.22. The van der Waals surface area contributed by atoms with Crippen LogP contribution in [0.1, 0.15) is 12.5 Å². The summed E-state index contributed by atoms with van der Waals surface area (Å²) in [6, 6.07) is 10.1. The molecule has 2 rings (SSSR count). The molecular weight excluding hydrogens is 297 g/mol. The average molecular weight is 312 g/mol. The van der Waals surface area contributed by atoms with Gasteiger partial charge in [-0.3, -0.25) is 0 Å². The summed E-state index contributed by atoms with van der Waals surface area (Å²) in [5.74, 6) is 0.523. The lowest BCUT2D eigenvalue weighted by atomic mass is 9.93. The number of benzene rings is 2. The summed E-state index contributed by atoms with van der Waals surface area (Å²) < 4.78 is 44.3. The van der Waals surface area contributed by atoms with Crippen molar-refractivity contribution >= 4 is 11.4 Å². The molecule has 0 aromatic heterocycles. The van der Waals surface area contributed by atoms with Gasteiger partial charge >= 0.3 is 6.18 Å². The zero-order chi connectivity index (χ0) is 16.5. The fourth-order valence-electron chi connectivity index (χ4n) is 1.85. The largest absolute Gasteiger partial charge is 0.457 e. The van der Waals surface area contributed by atoms with Gasteiger partial charge in [-0.2, -0.15) is 13.2 Å². The normalized spacial score (nSPS) is 14.4. The lowest BCUT2D eigenvalue weighted by Crippen LogP contribution is -2.39. The standard InChI is InChI=1S/C15H15F3N2O2/c1-14(21,15(16,17)18)12-8-11(6-7-13(12)20)22-10-4-2-9(19)3-5-10/h2-8,21H,19-20H2,1H3. The molecule has 0 radical (unpaired) electrons. The topological polar surface area (TPSA) is 81.5 Å². The van der Waals surface area contributed by atoms with E-state index in [0.717, 1.165) is 6.07 Å². The molecule has 2 aromatic rings. The molecule has 0 heterocycles. The Morgan fingerprint density at radius 3 is 2.05 bits per heavy atom. The minimum absolute atomic E-state index is 0.124. The maximum absolute atomic E-state index is 12.9. The zero-order valence-corrected chi connectivity index (χ0v) is 11.7. The summed E-state index contributed by atoms with van der Waals surface area (Å²) in [5, 5.41) is 9.75. The number of rotatable bonds is 3. The number of nitrogens with two attached hydrogens (primary N) is 2. The Kier molecular flexibility index (Phi) is 3.93. The highest BCUT2D eigenvalue weighted by Gasteiger charge is 2.52. The molecule has 0 amide bonds. The van der Waals surface area contributed by atoms with E-state index in [4.69, 9.17) is 16.2 Å². The highest BCUT2D eigenvalue weighted by molar-refractivity contribution is 5.54. The first-order chi connectivity index (χ1) is 10.1. The van der Waals surface area contributed by atoms with Crippen LogP contribution in [0.15, 0.2) is 42.5 Å². The Morgan fingerprint density at radius 2 is 1.50 bits per heavy atom. The van der Waals surface area contributed by atoms with E-state index < -0.39 is 17.3 Å². The van der Waals surface area contributed by atoms with E-state index in [-0.39, 0.29) is 11.4 Å². The summed E-state index contributed by atoms with van der Waals surface area (Å²) in [6.45, 7) is 0.645. The van der Waals surface area contributed by atoms with E-state index in [1.54, 1.807) is 24.3 Å². The van der Waals surface area contributed by atoms with Crippen molar-refractivity contribution < 1.29 is 23.0 Å². The molecule has 5 N–H and O–H groups in total. The molecular formula is C15H15F3N2O2. The van der Waals surface area contributed by atoms with Crippen LogP contribution in [0.25, 0.3) is 0 Å². The van der Waals surface area contributed by atoms with Gasteiger partial charge in [0, 0.05) is 16.9 Å². The van der Waals surface area contributed by atoms with Crippen LogP contribution < -0.4 is 16.2 Å². The van der Waals surface area contributed by atoms with Gasteiger partial charge in [0.2, 0.25) is 0 Å². The third kappa shape index (κ3) is 3.09. The molecule has 0 aliphatic carbocycles. The minimum Gasteiger partial charge on any atom is -0.457 e. The van der Waals surface area contributed by atoms with Crippen molar-refractivity contribution in [3.05, 3.63) is 48.0 Å².